The predicted molar refractivity (Wildman–Crippen MR) is 74.1 cm³/mol. The van der Waals surface area contributed by atoms with Crippen LogP contribution in [0.3, 0.4) is 0 Å². The Morgan fingerprint density at radius 3 is 2.56 bits per heavy atom. The van der Waals surface area contributed by atoms with Crippen LogP contribution in [-0.4, -0.2) is 18.2 Å². The Bertz CT molecular complexity index is 644. The van der Waals surface area contributed by atoms with E-state index < -0.39 is 0 Å². The number of rotatable bonds is 1. The highest BCUT2D eigenvalue weighted by Crippen LogP contribution is 2.34. The molecule has 3 heteroatoms. The molecule has 0 saturated carbocycles. The van der Waals surface area contributed by atoms with E-state index >= 15 is 0 Å². The lowest BCUT2D eigenvalue weighted by Gasteiger charge is -2.18. The van der Waals surface area contributed by atoms with Gasteiger partial charge in [0.25, 0.3) is 5.56 Å². The Labute approximate surface area is 106 Å². The summed E-state index contributed by atoms with van der Waals surface area (Å²) in [6.07, 6.45) is 0. The van der Waals surface area contributed by atoms with Crippen LogP contribution in [0.2, 0.25) is 0 Å². The molecule has 92 valence electrons. The minimum absolute atomic E-state index is 0.103. The molecule has 0 saturated heterocycles. The maximum absolute atomic E-state index is 12.0. The molecule has 2 heterocycles. The molecule has 1 aromatic carbocycles. The van der Waals surface area contributed by atoms with Crippen LogP contribution in [-0.2, 0) is 6.54 Å². The van der Waals surface area contributed by atoms with Crippen LogP contribution in [0, 0.1) is 6.92 Å². The lowest BCUT2D eigenvalue weighted by Crippen LogP contribution is -2.19. The molecule has 2 aromatic rings. The van der Waals surface area contributed by atoms with Crippen molar-refractivity contribution in [1.29, 1.82) is 0 Å². The summed E-state index contributed by atoms with van der Waals surface area (Å²) >= 11 is 0. The zero-order valence-corrected chi connectivity index (χ0v) is 10.7. The number of hydrogen-bond acceptors (Lipinski definition) is 2. The predicted octanol–water partition coefficient (Wildman–Crippen LogP) is 2.27. The van der Waals surface area contributed by atoms with Crippen molar-refractivity contribution in [2.45, 2.75) is 13.5 Å². The molecular formula is C15H16N2O. The number of likely N-dealkylation sites (N-methyl/N-ethyl adjacent to an activating group) is 1. The zero-order valence-electron chi connectivity index (χ0n) is 10.7. The van der Waals surface area contributed by atoms with Gasteiger partial charge in [-0.1, -0.05) is 30.3 Å². The fraction of sp³-hybridized carbons (Fsp3) is 0.267. The van der Waals surface area contributed by atoms with Gasteiger partial charge in [-0.3, -0.25) is 9.36 Å². The van der Waals surface area contributed by atoms with Gasteiger partial charge in [-0.25, -0.2) is 0 Å². The highest BCUT2D eigenvalue weighted by Gasteiger charge is 2.22. The van der Waals surface area contributed by atoms with E-state index in [9.17, 15) is 4.79 Å². The van der Waals surface area contributed by atoms with Gasteiger partial charge < -0.3 is 4.90 Å². The molecule has 0 N–H and O–H groups in total. The molecule has 0 unspecified atom stereocenters. The first-order chi connectivity index (χ1) is 8.68. The number of aromatic nitrogens is 1. The highest BCUT2D eigenvalue weighted by atomic mass is 16.1. The Morgan fingerprint density at radius 1 is 1.11 bits per heavy atom. The number of fused-ring (bicyclic) bond motifs is 1. The molecule has 0 radical (unpaired) electrons. The van der Waals surface area contributed by atoms with Crippen molar-refractivity contribution >= 4 is 5.82 Å². The summed E-state index contributed by atoms with van der Waals surface area (Å²) in [6.45, 7) is 3.69. The van der Waals surface area contributed by atoms with Crippen LogP contribution in [0.25, 0.3) is 11.1 Å². The van der Waals surface area contributed by atoms with Crippen molar-refractivity contribution in [3.05, 3.63) is 52.3 Å². The number of hydrogen-bond donors (Lipinski definition) is 0. The van der Waals surface area contributed by atoms with Gasteiger partial charge in [-0.2, -0.15) is 0 Å². The van der Waals surface area contributed by atoms with E-state index in [2.05, 4.69) is 17.0 Å². The molecule has 3 nitrogen and oxygen atoms in total. The van der Waals surface area contributed by atoms with Crippen LogP contribution in [0.1, 0.15) is 5.56 Å². The standard InChI is InChI=1S/C15H16N2O/c1-11-10-13(18)17-9-8-16(2)15(17)14(11)12-6-4-3-5-7-12/h3-7,10H,8-9H2,1-2H3. The quantitative estimate of drug-likeness (QED) is 0.764. The van der Waals surface area contributed by atoms with Crippen LogP contribution in [0.15, 0.2) is 41.2 Å². The van der Waals surface area contributed by atoms with E-state index in [1.54, 1.807) is 6.07 Å². The Morgan fingerprint density at radius 2 is 1.83 bits per heavy atom. The normalized spacial score (nSPS) is 13.8. The lowest BCUT2D eigenvalue weighted by molar-refractivity contribution is 0.763. The third kappa shape index (κ3) is 1.55. The van der Waals surface area contributed by atoms with Gasteiger partial charge in [0.05, 0.1) is 0 Å². The van der Waals surface area contributed by atoms with E-state index in [4.69, 9.17) is 0 Å². The number of nitrogens with zero attached hydrogens (tertiary/aromatic N) is 2. The second-order valence-corrected chi connectivity index (χ2v) is 4.80. The average molecular weight is 240 g/mol. The summed E-state index contributed by atoms with van der Waals surface area (Å²) in [4.78, 5) is 14.2. The number of pyridine rings is 1. The third-order valence-corrected chi connectivity index (χ3v) is 3.56. The van der Waals surface area contributed by atoms with Crippen LogP contribution in [0.4, 0.5) is 5.82 Å². The largest absolute Gasteiger partial charge is 0.359 e. The van der Waals surface area contributed by atoms with Gasteiger partial charge in [-0.15, -0.1) is 0 Å². The monoisotopic (exact) mass is 240 g/mol. The van der Waals surface area contributed by atoms with E-state index in [0.717, 1.165) is 24.5 Å². The molecular weight excluding hydrogens is 224 g/mol. The van der Waals surface area contributed by atoms with E-state index in [1.165, 1.54) is 11.1 Å². The van der Waals surface area contributed by atoms with Crippen LogP contribution < -0.4 is 10.5 Å². The van der Waals surface area contributed by atoms with Gasteiger partial charge in [0, 0.05) is 31.8 Å². The summed E-state index contributed by atoms with van der Waals surface area (Å²) in [6, 6.07) is 12.0. The maximum atomic E-state index is 12.0. The summed E-state index contributed by atoms with van der Waals surface area (Å²) in [5.41, 5.74) is 3.50. The van der Waals surface area contributed by atoms with Crippen molar-refractivity contribution in [3.8, 4) is 11.1 Å². The second-order valence-electron chi connectivity index (χ2n) is 4.80. The topological polar surface area (TPSA) is 25.2 Å². The van der Waals surface area contributed by atoms with Gasteiger partial charge >= 0.3 is 0 Å². The molecule has 0 aliphatic carbocycles. The number of benzene rings is 1. The Hall–Kier alpha value is -2.03. The molecule has 0 amide bonds. The third-order valence-electron chi connectivity index (χ3n) is 3.56. The fourth-order valence-corrected chi connectivity index (χ4v) is 2.68. The van der Waals surface area contributed by atoms with Gasteiger partial charge in [0.15, 0.2) is 0 Å². The van der Waals surface area contributed by atoms with Gasteiger partial charge in [0.2, 0.25) is 0 Å². The SMILES string of the molecule is Cc1cc(=O)n2c(c1-c1ccccc1)N(C)CC2. The molecule has 0 atom stereocenters. The average Bonchev–Trinajstić information content (AvgIpc) is 2.74. The molecule has 0 bridgehead atoms. The number of anilines is 1. The van der Waals surface area contributed by atoms with Gasteiger partial charge in [-0.05, 0) is 18.1 Å². The Kier molecular flexibility index (Phi) is 2.47. The molecule has 1 aliphatic heterocycles. The molecule has 3 rings (SSSR count). The molecule has 18 heavy (non-hydrogen) atoms. The molecule has 1 aliphatic rings. The fourth-order valence-electron chi connectivity index (χ4n) is 2.68. The summed E-state index contributed by atoms with van der Waals surface area (Å²) in [5, 5.41) is 0. The van der Waals surface area contributed by atoms with Crippen molar-refractivity contribution < 1.29 is 0 Å². The molecule has 0 spiro atoms. The Balaban J connectivity index is 2.34. The van der Waals surface area contributed by atoms with Crippen LogP contribution >= 0.6 is 0 Å². The molecule has 1 aromatic heterocycles. The number of aryl methyl sites for hydroxylation is 1. The van der Waals surface area contributed by atoms with Gasteiger partial charge in [0.1, 0.15) is 5.82 Å². The summed E-state index contributed by atoms with van der Waals surface area (Å²) < 4.78 is 1.87. The maximum Gasteiger partial charge on any atom is 0.252 e. The minimum atomic E-state index is 0.103. The van der Waals surface area contributed by atoms with Crippen molar-refractivity contribution in [1.82, 2.24) is 4.57 Å². The van der Waals surface area contributed by atoms with Crippen LogP contribution in [0.5, 0.6) is 0 Å². The first-order valence-electron chi connectivity index (χ1n) is 6.19. The van der Waals surface area contributed by atoms with E-state index in [0.29, 0.717) is 0 Å². The first-order valence-corrected chi connectivity index (χ1v) is 6.19. The minimum Gasteiger partial charge on any atom is -0.359 e. The highest BCUT2D eigenvalue weighted by molar-refractivity contribution is 5.79. The van der Waals surface area contributed by atoms with Crippen molar-refractivity contribution in [2.75, 3.05) is 18.5 Å². The first kappa shape index (κ1) is 11.1. The summed E-state index contributed by atoms with van der Waals surface area (Å²) in [7, 11) is 2.05. The second kappa shape index (κ2) is 4.02. The van der Waals surface area contributed by atoms with Crippen molar-refractivity contribution in [3.63, 3.8) is 0 Å². The van der Waals surface area contributed by atoms with E-state index in [1.807, 2.05) is 36.7 Å². The van der Waals surface area contributed by atoms with E-state index in [-0.39, 0.29) is 5.56 Å². The smallest absolute Gasteiger partial charge is 0.252 e. The lowest BCUT2D eigenvalue weighted by atomic mass is 10.0. The zero-order chi connectivity index (χ0) is 12.7. The van der Waals surface area contributed by atoms with Crippen molar-refractivity contribution in [2.24, 2.45) is 0 Å². The molecule has 0 fully saturated rings. The summed E-state index contributed by atoms with van der Waals surface area (Å²) in [5.74, 6) is 1.05.